The maximum Gasteiger partial charge on any atom is 0.337 e. The van der Waals surface area contributed by atoms with Crippen LogP contribution in [0.1, 0.15) is 38.0 Å². The second-order valence-electron chi connectivity index (χ2n) is 9.85. The first-order chi connectivity index (χ1) is 16.8. The number of aromatic nitrogens is 1. The highest BCUT2D eigenvalue weighted by Crippen LogP contribution is 2.47. The first-order valence-electron chi connectivity index (χ1n) is 11.7. The van der Waals surface area contributed by atoms with Gasteiger partial charge in [-0.3, -0.25) is 4.98 Å². The Hall–Kier alpha value is -3.90. The summed E-state index contributed by atoms with van der Waals surface area (Å²) in [7, 11) is 0. The molecule has 3 heterocycles. The number of benzene rings is 3. The molecule has 0 fully saturated rings. The number of nitrogens with zero attached hydrogens (tertiary/aromatic N) is 1. The van der Waals surface area contributed by atoms with Crippen LogP contribution in [-0.2, 0) is 16.0 Å². The van der Waals surface area contributed by atoms with Gasteiger partial charge in [0.2, 0.25) is 0 Å². The number of hydrogen-bond acceptors (Lipinski definition) is 5. The van der Waals surface area contributed by atoms with Gasteiger partial charge in [-0.2, -0.15) is 0 Å². The summed E-state index contributed by atoms with van der Waals surface area (Å²) in [6, 6.07) is 15.7. The highest BCUT2D eigenvalue weighted by atomic mass is 16.5. The van der Waals surface area contributed by atoms with Crippen molar-refractivity contribution in [3.63, 3.8) is 0 Å². The van der Waals surface area contributed by atoms with Gasteiger partial charge in [0, 0.05) is 39.9 Å². The minimum atomic E-state index is -1.21. The summed E-state index contributed by atoms with van der Waals surface area (Å²) >= 11 is 0. The lowest BCUT2D eigenvalue weighted by Crippen LogP contribution is -2.28. The van der Waals surface area contributed by atoms with E-state index in [0.717, 1.165) is 45.0 Å². The predicted molar refractivity (Wildman–Crippen MR) is 135 cm³/mol. The maximum atomic E-state index is 12.7. The molecule has 0 aliphatic carbocycles. The summed E-state index contributed by atoms with van der Waals surface area (Å²) < 4.78 is 18.0. The van der Waals surface area contributed by atoms with Crippen LogP contribution in [-0.4, -0.2) is 28.3 Å². The van der Waals surface area contributed by atoms with Crippen molar-refractivity contribution in [1.29, 1.82) is 0 Å². The Morgan fingerprint density at radius 1 is 1.06 bits per heavy atom. The molecule has 1 atom stereocenters. The number of carboxylic acids is 1. The topological polar surface area (TPSA) is 81.8 Å². The number of furan rings is 1. The third-order valence-electron chi connectivity index (χ3n) is 6.46. The lowest BCUT2D eigenvalue weighted by molar-refractivity contribution is -0.160. The van der Waals surface area contributed by atoms with Gasteiger partial charge < -0.3 is 19.0 Å². The van der Waals surface area contributed by atoms with Crippen LogP contribution in [0.25, 0.3) is 43.8 Å². The number of carboxylic acid groups (broad SMARTS) is 1. The van der Waals surface area contributed by atoms with E-state index in [1.54, 1.807) is 6.26 Å². The summed E-state index contributed by atoms with van der Waals surface area (Å²) in [5, 5.41) is 13.9. The van der Waals surface area contributed by atoms with E-state index in [-0.39, 0.29) is 0 Å². The molecule has 5 aromatic rings. The second kappa shape index (κ2) is 7.82. The monoisotopic (exact) mass is 467 g/mol. The number of ether oxygens (including phenoxy) is 2. The number of aliphatic carboxylic acids is 1. The first kappa shape index (κ1) is 21.6. The van der Waals surface area contributed by atoms with Crippen molar-refractivity contribution in [1.82, 2.24) is 4.98 Å². The number of carbonyl (C=O) groups is 1. The van der Waals surface area contributed by atoms with Crippen molar-refractivity contribution < 1.29 is 23.8 Å². The average molecular weight is 468 g/mol. The van der Waals surface area contributed by atoms with Gasteiger partial charge in [0.05, 0.1) is 24.0 Å². The van der Waals surface area contributed by atoms with E-state index < -0.39 is 17.7 Å². The Kier molecular flexibility index (Phi) is 4.83. The van der Waals surface area contributed by atoms with E-state index in [4.69, 9.17) is 18.9 Å². The fourth-order valence-electron chi connectivity index (χ4n) is 5.16. The number of pyridine rings is 1. The number of hydrogen-bond donors (Lipinski definition) is 1. The molecule has 0 saturated heterocycles. The van der Waals surface area contributed by atoms with Crippen LogP contribution in [0.5, 0.6) is 5.75 Å². The van der Waals surface area contributed by atoms with Gasteiger partial charge >= 0.3 is 5.97 Å². The fraction of sp³-hybridized carbons (Fsp3) is 0.241. The lowest BCUT2D eigenvalue weighted by Gasteiger charge is -2.28. The maximum absolute atomic E-state index is 12.7. The van der Waals surface area contributed by atoms with Gasteiger partial charge in [0.1, 0.15) is 11.3 Å². The van der Waals surface area contributed by atoms with Crippen LogP contribution >= 0.6 is 0 Å². The van der Waals surface area contributed by atoms with Crippen LogP contribution in [0, 0.1) is 0 Å². The van der Waals surface area contributed by atoms with E-state index in [2.05, 4.69) is 0 Å². The van der Waals surface area contributed by atoms with E-state index in [1.165, 1.54) is 5.56 Å². The van der Waals surface area contributed by atoms with Crippen LogP contribution in [0.2, 0.25) is 0 Å². The summed E-state index contributed by atoms with van der Waals surface area (Å²) in [6.45, 7) is 6.20. The number of rotatable bonds is 4. The third kappa shape index (κ3) is 3.44. The van der Waals surface area contributed by atoms with Gasteiger partial charge in [-0.1, -0.05) is 24.3 Å². The largest absolute Gasteiger partial charge is 0.493 e. The van der Waals surface area contributed by atoms with E-state index >= 15 is 0 Å². The Balaban J connectivity index is 1.79. The van der Waals surface area contributed by atoms with Crippen LogP contribution in [0.15, 0.2) is 65.4 Å². The zero-order valence-corrected chi connectivity index (χ0v) is 19.8. The van der Waals surface area contributed by atoms with Crippen molar-refractivity contribution in [3.05, 3.63) is 72.1 Å². The second-order valence-corrected chi connectivity index (χ2v) is 9.85. The van der Waals surface area contributed by atoms with Crippen molar-refractivity contribution in [2.24, 2.45) is 0 Å². The lowest BCUT2D eigenvalue weighted by atomic mass is 9.86. The molecule has 1 aliphatic rings. The highest BCUT2D eigenvalue weighted by molar-refractivity contribution is 6.17. The molecule has 1 aliphatic heterocycles. The van der Waals surface area contributed by atoms with Crippen molar-refractivity contribution >= 4 is 38.6 Å². The summed E-state index contributed by atoms with van der Waals surface area (Å²) in [5.41, 5.74) is 4.11. The quantitative estimate of drug-likeness (QED) is 0.318. The summed E-state index contributed by atoms with van der Waals surface area (Å²) in [6.07, 6.45) is 3.00. The fourth-order valence-corrected chi connectivity index (χ4v) is 5.16. The van der Waals surface area contributed by atoms with Crippen molar-refractivity contribution in [3.8, 4) is 16.9 Å². The van der Waals surface area contributed by atoms with Gasteiger partial charge in [0.15, 0.2) is 6.10 Å². The van der Waals surface area contributed by atoms with Gasteiger partial charge in [-0.25, -0.2) is 4.79 Å². The molecule has 1 N–H and O–H groups in total. The smallest absolute Gasteiger partial charge is 0.337 e. The minimum Gasteiger partial charge on any atom is -0.493 e. The molecule has 0 spiro atoms. The molecule has 0 unspecified atom stereocenters. The molecular weight excluding hydrogens is 442 g/mol. The molecule has 0 bridgehead atoms. The molecule has 0 radical (unpaired) electrons. The Labute approximate surface area is 202 Å². The van der Waals surface area contributed by atoms with Crippen molar-refractivity contribution in [2.45, 2.75) is 38.9 Å². The normalized spacial score (nSPS) is 14.4. The van der Waals surface area contributed by atoms with Crippen LogP contribution < -0.4 is 4.74 Å². The van der Waals surface area contributed by atoms with E-state index in [0.29, 0.717) is 23.1 Å². The molecule has 176 valence electrons. The van der Waals surface area contributed by atoms with Crippen LogP contribution in [0.3, 0.4) is 0 Å². The van der Waals surface area contributed by atoms with Gasteiger partial charge in [-0.05, 0) is 61.5 Å². The summed E-state index contributed by atoms with van der Waals surface area (Å²) in [4.78, 5) is 17.5. The Morgan fingerprint density at radius 2 is 1.86 bits per heavy atom. The molecular formula is C29H25NO5. The zero-order chi connectivity index (χ0) is 24.3. The zero-order valence-electron chi connectivity index (χ0n) is 19.8. The van der Waals surface area contributed by atoms with E-state index in [9.17, 15) is 9.90 Å². The molecule has 2 aromatic heterocycles. The minimum absolute atomic E-state index is 0.564. The Morgan fingerprint density at radius 3 is 2.63 bits per heavy atom. The summed E-state index contributed by atoms with van der Waals surface area (Å²) in [5.74, 6) is -0.257. The molecule has 0 saturated carbocycles. The highest BCUT2D eigenvalue weighted by Gasteiger charge is 2.33. The molecule has 35 heavy (non-hydrogen) atoms. The van der Waals surface area contributed by atoms with Gasteiger partial charge in [-0.15, -0.1) is 0 Å². The average Bonchev–Trinajstić information content (AvgIpc) is 3.32. The SMILES string of the molecule is CC(C)(C)O[C@H](C(=O)O)c1c(-c2ccc3c4c(ccnc24)CCO3)c2ccccc2c2occc12. The molecule has 6 rings (SSSR count). The standard InChI is InChI=1S/C29H25NO5/c1-29(2,3)35-27(28(31)32)24-20-12-15-34-26(20)18-7-5-4-6-17(18)23(24)19-8-9-21-22-16(11-14-33-21)10-13-30-25(19)22/h4-10,12-13,15,27H,11,14H2,1-3H3,(H,31,32)/t27-/m0/s1. The van der Waals surface area contributed by atoms with Crippen LogP contribution in [0.4, 0.5) is 0 Å². The molecule has 0 amide bonds. The first-order valence-corrected chi connectivity index (χ1v) is 11.7. The third-order valence-corrected chi connectivity index (χ3v) is 6.46. The Bertz CT molecular complexity index is 1620. The molecule has 6 heteroatoms. The number of fused-ring (bicyclic) bond motifs is 3. The van der Waals surface area contributed by atoms with Gasteiger partial charge in [0.25, 0.3) is 0 Å². The van der Waals surface area contributed by atoms with E-state index in [1.807, 2.05) is 75.5 Å². The van der Waals surface area contributed by atoms with Crippen molar-refractivity contribution in [2.75, 3.05) is 6.61 Å². The predicted octanol–water partition coefficient (Wildman–Crippen LogP) is 6.68. The molecule has 6 nitrogen and oxygen atoms in total. The molecule has 3 aromatic carbocycles.